The lowest BCUT2D eigenvalue weighted by atomic mass is 10.1. The molecule has 2 rings (SSSR count). The Hall–Kier alpha value is -2.49. The molecule has 0 saturated heterocycles. The third-order valence-electron chi connectivity index (χ3n) is 2.96. The van der Waals surface area contributed by atoms with Gasteiger partial charge in [0.05, 0.1) is 0 Å². The van der Waals surface area contributed by atoms with Crippen LogP contribution in [0.25, 0.3) is 0 Å². The minimum absolute atomic E-state index is 0.0775. The van der Waals surface area contributed by atoms with E-state index in [1.165, 1.54) is 6.92 Å². The van der Waals surface area contributed by atoms with E-state index in [4.69, 9.17) is 0 Å². The Morgan fingerprint density at radius 3 is 2.35 bits per heavy atom. The van der Waals surface area contributed by atoms with Gasteiger partial charge in [-0.1, -0.05) is 12.1 Å². The predicted octanol–water partition coefficient (Wildman–Crippen LogP) is 3.52. The zero-order valence-electron chi connectivity index (χ0n) is 11.6. The third-order valence-corrected chi connectivity index (χ3v) is 2.96. The van der Waals surface area contributed by atoms with E-state index in [1.807, 2.05) is 43.3 Å². The van der Waals surface area contributed by atoms with Crippen LogP contribution in [-0.2, 0) is 4.79 Å². The summed E-state index contributed by atoms with van der Waals surface area (Å²) in [6, 6.07) is 14.8. The first kappa shape index (κ1) is 13.9. The highest BCUT2D eigenvalue weighted by atomic mass is 16.3. The van der Waals surface area contributed by atoms with Crippen LogP contribution in [0, 0.1) is 0 Å². The molecular formula is C16H18N2O2. The quantitative estimate of drug-likeness (QED) is 0.796. The van der Waals surface area contributed by atoms with E-state index in [0.29, 0.717) is 0 Å². The van der Waals surface area contributed by atoms with E-state index in [0.717, 1.165) is 16.9 Å². The lowest BCUT2D eigenvalue weighted by molar-refractivity contribution is -0.114. The Morgan fingerprint density at radius 2 is 1.75 bits per heavy atom. The van der Waals surface area contributed by atoms with E-state index in [2.05, 4.69) is 10.6 Å². The van der Waals surface area contributed by atoms with Crippen molar-refractivity contribution in [2.45, 2.75) is 19.9 Å². The summed E-state index contributed by atoms with van der Waals surface area (Å²) in [6.07, 6.45) is 0. The molecule has 20 heavy (non-hydrogen) atoms. The van der Waals surface area contributed by atoms with Crippen LogP contribution in [0.4, 0.5) is 11.4 Å². The number of hydrogen-bond acceptors (Lipinski definition) is 3. The smallest absolute Gasteiger partial charge is 0.221 e. The maximum Gasteiger partial charge on any atom is 0.221 e. The Balaban J connectivity index is 2.04. The van der Waals surface area contributed by atoms with Crippen LogP contribution in [0.1, 0.15) is 25.5 Å². The van der Waals surface area contributed by atoms with Gasteiger partial charge in [-0.2, -0.15) is 0 Å². The van der Waals surface area contributed by atoms with E-state index >= 15 is 0 Å². The molecular weight excluding hydrogens is 252 g/mol. The molecule has 2 aromatic rings. The monoisotopic (exact) mass is 270 g/mol. The molecule has 2 aromatic carbocycles. The number of nitrogens with one attached hydrogen (secondary N) is 2. The van der Waals surface area contributed by atoms with Crippen molar-refractivity contribution in [1.29, 1.82) is 0 Å². The highest BCUT2D eigenvalue weighted by molar-refractivity contribution is 5.88. The molecule has 0 aromatic heterocycles. The number of anilines is 2. The van der Waals surface area contributed by atoms with Crippen molar-refractivity contribution >= 4 is 17.3 Å². The average molecular weight is 270 g/mol. The Kier molecular flexibility index (Phi) is 4.25. The summed E-state index contributed by atoms with van der Waals surface area (Å²) in [5.41, 5.74) is 2.74. The fourth-order valence-electron chi connectivity index (χ4n) is 1.98. The highest BCUT2D eigenvalue weighted by Gasteiger charge is 2.06. The van der Waals surface area contributed by atoms with Gasteiger partial charge in [-0.25, -0.2) is 0 Å². The number of hydrogen-bond donors (Lipinski definition) is 3. The van der Waals surface area contributed by atoms with Crippen molar-refractivity contribution in [3.8, 4) is 5.75 Å². The van der Waals surface area contributed by atoms with Crippen molar-refractivity contribution in [2.75, 3.05) is 10.6 Å². The lowest BCUT2D eigenvalue weighted by Crippen LogP contribution is -2.07. The molecule has 0 heterocycles. The largest absolute Gasteiger partial charge is 0.508 e. The van der Waals surface area contributed by atoms with E-state index in [-0.39, 0.29) is 17.7 Å². The van der Waals surface area contributed by atoms with Gasteiger partial charge in [-0.05, 0) is 48.9 Å². The van der Waals surface area contributed by atoms with Crippen molar-refractivity contribution in [1.82, 2.24) is 0 Å². The van der Waals surface area contributed by atoms with Gasteiger partial charge in [0.15, 0.2) is 0 Å². The summed E-state index contributed by atoms with van der Waals surface area (Å²) in [5, 5.41) is 15.5. The molecule has 4 heteroatoms. The zero-order valence-corrected chi connectivity index (χ0v) is 11.6. The molecule has 0 aliphatic rings. The van der Waals surface area contributed by atoms with Crippen LogP contribution >= 0.6 is 0 Å². The van der Waals surface area contributed by atoms with Crippen molar-refractivity contribution in [2.24, 2.45) is 0 Å². The van der Waals surface area contributed by atoms with Gasteiger partial charge in [0.1, 0.15) is 5.75 Å². The average Bonchev–Trinajstić information content (AvgIpc) is 2.40. The second kappa shape index (κ2) is 6.10. The first-order valence-electron chi connectivity index (χ1n) is 6.48. The van der Waals surface area contributed by atoms with Gasteiger partial charge in [0, 0.05) is 24.3 Å². The minimum Gasteiger partial charge on any atom is -0.508 e. The molecule has 4 nitrogen and oxygen atoms in total. The molecule has 3 N–H and O–H groups in total. The fraction of sp³-hybridized carbons (Fsp3) is 0.188. The number of aromatic hydroxyl groups is 1. The number of rotatable bonds is 4. The summed E-state index contributed by atoms with van der Waals surface area (Å²) >= 11 is 0. The number of phenolic OH excluding ortho intramolecular Hbond substituents is 1. The Labute approximate surface area is 118 Å². The molecule has 0 aliphatic heterocycles. The molecule has 0 bridgehead atoms. The summed E-state index contributed by atoms with van der Waals surface area (Å²) in [7, 11) is 0. The van der Waals surface area contributed by atoms with Gasteiger partial charge in [-0.15, -0.1) is 0 Å². The Bertz CT molecular complexity index is 594. The topological polar surface area (TPSA) is 61.4 Å². The summed E-state index contributed by atoms with van der Waals surface area (Å²) in [4.78, 5) is 10.9. The molecule has 0 saturated carbocycles. The molecule has 1 unspecified atom stereocenters. The predicted molar refractivity (Wildman–Crippen MR) is 80.9 cm³/mol. The Morgan fingerprint density at radius 1 is 1.10 bits per heavy atom. The molecule has 0 aliphatic carbocycles. The number of carbonyl (C=O) groups excluding carboxylic acids is 1. The van der Waals surface area contributed by atoms with Gasteiger partial charge < -0.3 is 15.7 Å². The van der Waals surface area contributed by atoms with Gasteiger partial charge >= 0.3 is 0 Å². The number of benzene rings is 2. The van der Waals surface area contributed by atoms with Crippen LogP contribution in [-0.4, -0.2) is 11.0 Å². The lowest BCUT2D eigenvalue weighted by Gasteiger charge is -2.16. The van der Waals surface area contributed by atoms with Crippen LogP contribution in [0.2, 0.25) is 0 Å². The number of phenols is 1. The third kappa shape index (κ3) is 3.75. The number of carbonyl (C=O) groups is 1. The maximum atomic E-state index is 10.9. The number of amides is 1. The molecule has 0 spiro atoms. The first-order chi connectivity index (χ1) is 9.54. The minimum atomic E-state index is -0.0844. The zero-order chi connectivity index (χ0) is 14.5. The maximum absolute atomic E-state index is 10.9. The molecule has 1 amide bonds. The van der Waals surface area contributed by atoms with Crippen molar-refractivity contribution < 1.29 is 9.90 Å². The molecule has 104 valence electrons. The molecule has 1 atom stereocenters. The van der Waals surface area contributed by atoms with Crippen LogP contribution < -0.4 is 10.6 Å². The summed E-state index contributed by atoms with van der Waals surface area (Å²) in [6.45, 7) is 3.51. The van der Waals surface area contributed by atoms with Crippen LogP contribution in [0.15, 0.2) is 48.5 Å². The van der Waals surface area contributed by atoms with Gasteiger partial charge in [0.2, 0.25) is 5.91 Å². The van der Waals surface area contributed by atoms with E-state index in [9.17, 15) is 9.90 Å². The summed E-state index contributed by atoms with van der Waals surface area (Å²) in [5.74, 6) is 0.177. The van der Waals surface area contributed by atoms with E-state index < -0.39 is 0 Å². The molecule has 0 radical (unpaired) electrons. The van der Waals surface area contributed by atoms with Gasteiger partial charge in [0.25, 0.3) is 0 Å². The van der Waals surface area contributed by atoms with E-state index in [1.54, 1.807) is 12.1 Å². The fourth-order valence-corrected chi connectivity index (χ4v) is 1.98. The summed E-state index contributed by atoms with van der Waals surface area (Å²) < 4.78 is 0. The van der Waals surface area contributed by atoms with Gasteiger partial charge in [-0.3, -0.25) is 4.79 Å². The van der Waals surface area contributed by atoms with Crippen LogP contribution in [0.3, 0.4) is 0 Å². The highest BCUT2D eigenvalue weighted by Crippen LogP contribution is 2.23. The normalized spacial score (nSPS) is 11.7. The second-order valence-electron chi connectivity index (χ2n) is 4.72. The van der Waals surface area contributed by atoms with Crippen LogP contribution in [0.5, 0.6) is 5.75 Å². The SMILES string of the molecule is CC(=O)Nc1ccc(NC(C)c2cccc(O)c2)cc1. The van der Waals surface area contributed by atoms with Crippen molar-refractivity contribution in [3.63, 3.8) is 0 Å². The first-order valence-corrected chi connectivity index (χ1v) is 6.48. The van der Waals surface area contributed by atoms with Crippen molar-refractivity contribution in [3.05, 3.63) is 54.1 Å². The second-order valence-corrected chi connectivity index (χ2v) is 4.72. The molecule has 0 fully saturated rings. The standard InChI is InChI=1S/C16H18N2O2/c1-11(13-4-3-5-16(20)10-13)17-14-6-8-15(9-7-14)18-12(2)19/h3-11,17,20H,1-2H3,(H,18,19).